The predicted octanol–water partition coefficient (Wildman–Crippen LogP) is 11.6. The number of halogens is 12. The fraction of sp³-hybridized carbons (Fsp3) is 0.106. The van der Waals surface area contributed by atoms with Crippen LogP contribution in [0.2, 0.25) is 0 Å². The number of hydrogen-bond donors (Lipinski definition) is 1. The van der Waals surface area contributed by atoms with Gasteiger partial charge in [0.1, 0.15) is 17.6 Å². The molecule has 0 amide bonds. The van der Waals surface area contributed by atoms with Gasteiger partial charge >= 0.3 is 24.7 Å². The van der Waals surface area contributed by atoms with Gasteiger partial charge in [0.25, 0.3) is 0 Å². The summed E-state index contributed by atoms with van der Waals surface area (Å²) in [6.07, 6.45) is -22.0. The van der Waals surface area contributed by atoms with Crippen molar-refractivity contribution in [3.05, 3.63) is 210 Å². The van der Waals surface area contributed by atoms with Crippen molar-refractivity contribution < 1.29 is 62.0 Å². The van der Waals surface area contributed by atoms with Gasteiger partial charge in [-0.3, -0.25) is 0 Å². The van der Waals surface area contributed by atoms with E-state index in [0.717, 1.165) is 63.9 Å². The second-order valence-corrected chi connectivity index (χ2v) is 17.0. The van der Waals surface area contributed by atoms with E-state index in [9.17, 15) is 62.0 Å². The van der Waals surface area contributed by atoms with Crippen LogP contribution in [0.5, 0.6) is 5.75 Å². The van der Waals surface area contributed by atoms with Gasteiger partial charge in [-0.2, -0.15) is 74.5 Å². The Morgan fingerprint density at radius 2 is 0.619 bits per heavy atom. The quantitative estimate of drug-likeness (QED) is 0.0937. The maximum Gasteiger partial charge on any atom is 0.416 e. The SMILES string of the molecule is FC(F)(F)c1ccc([B-](c2ccc(C(F)(F)F)cc2)(c2ccc(C(F)(F)F)cc2)c2ccc(C(F)(F)F)cc2)cc1.O=[S+](Cc1ccc(O)cc1)(c1ccccc1)c1ccccc1. The minimum Gasteiger partial charge on any atom is -0.508 e. The number of benzene rings is 7. The maximum absolute atomic E-state index is 13.8. The molecule has 7 aromatic rings. The van der Waals surface area contributed by atoms with E-state index in [2.05, 4.69) is 0 Å². The molecule has 0 bridgehead atoms. The van der Waals surface area contributed by atoms with Gasteiger partial charge in [-0.15, -0.1) is 0 Å². The molecule has 7 rings (SSSR count). The Kier molecular flexibility index (Phi) is 13.1. The Bertz CT molecular complexity index is 2350. The van der Waals surface area contributed by atoms with E-state index in [1.165, 1.54) is 0 Å². The molecule has 0 heterocycles. The van der Waals surface area contributed by atoms with Crippen LogP contribution in [-0.2, 0) is 44.6 Å². The molecular weight excluding hydrogens is 867 g/mol. The van der Waals surface area contributed by atoms with Crippen molar-refractivity contribution in [1.82, 2.24) is 0 Å². The summed E-state index contributed by atoms with van der Waals surface area (Å²) in [4.78, 5) is 1.66. The van der Waals surface area contributed by atoms with Crippen LogP contribution >= 0.6 is 0 Å². The first-order valence-electron chi connectivity index (χ1n) is 18.8. The molecule has 0 spiro atoms. The molecule has 2 nitrogen and oxygen atoms in total. The van der Waals surface area contributed by atoms with Gasteiger partial charge in [0.15, 0.2) is 19.7 Å². The van der Waals surface area contributed by atoms with Crippen molar-refractivity contribution in [1.29, 1.82) is 0 Å². The van der Waals surface area contributed by atoms with Crippen molar-refractivity contribution in [2.24, 2.45) is 0 Å². The molecule has 0 aliphatic rings. The molecule has 0 radical (unpaired) electrons. The Hall–Kier alpha value is -6.29. The van der Waals surface area contributed by atoms with Gasteiger partial charge in [0.2, 0.25) is 0 Å². The summed E-state index contributed by atoms with van der Waals surface area (Å²) in [5.41, 5.74) is -3.35. The Morgan fingerprint density at radius 3 is 0.857 bits per heavy atom. The van der Waals surface area contributed by atoms with Crippen LogP contribution in [-0.4, -0.2) is 11.3 Å². The third-order valence-electron chi connectivity index (χ3n) is 10.5. The van der Waals surface area contributed by atoms with E-state index in [4.69, 9.17) is 0 Å². The van der Waals surface area contributed by atoms with Crippen LogP contribution < -0.4 is 21.9 Å². The highest BCUT2D eigenvalue weighted by Gasteiger charge is 2.39. The van der Waals surface area contributed by atoms with Crippen molar-refractivity contribution in [3.8, 4) is 5.75 Å². The number of alkyl halides is 12. The maximum atomic E-state index is 13.8. The third kappa shape index (κ3) is 10.3. The molecule has 0 aliphatic heterocycles. The van der Waals surface area contributed by atoms with Gasteiger partial charge in [-0.1, -0.05) is 150 Å². The molecule has 0 fully saturated rings. The van der Waals surface area contributed by atoms with E-state index in [1.54, 1.807) is 12.1 Å². The lowest BCUT2D eigenvalue weighted by atomic mass is 9.13. The molecule has 326 valence electrons. The molecule has 1 N–H and O–H groups in total. The Morgan fingerprint density at radius 1 is 0.365 bits per heavy atom. The van der Waals surface area contributed by atoms with Crippen LogP contribution in [0, 0.1) is 0 Å². The number of phenols is 1. The van der Waals surface area contributed by atoms with Crippen LogP contribution in [0.4, 0.5) is 52.7 Å². The highest BCUT2D eigenvalue weighted by molar-refractivity contribution is 8.02. The summed E-state index contributed by atoms with van der Waals surface area (Å²) >= 11 is 0. The Labute approximate surface area is 354 Å². The fourth-order valence-electron chi connectivity index (χ4n) is 7.41. The first-order chi connectivity index (χ1) is 29.5. The molecule has 0 saturated carbocycles. The molecule has 0 aliphatic carbocycles. The van der Waals surface area contributed by atoms with Gasteiger partial charge in [0, 0.05) is 5.56 Å². The fourth-order valence-corrected chi connectivity index (χ4v) is 9.87. The zero-order valence-corrected chi connectivity index (χ0v) is 33.2. The summed E-state index contributed by atoms with van der Waals surface area (Å²) in [5, 5.41) is 9.42. The van der Waals surface area contributed by atoms with E-state index in [0.29, 0.717) is 54.3 Å². The Balaban J connectivity index is 0.000000251. The van der Waals surface area contributed by atoms with Crippen LogP contribution in [0.1, 0.15) is 27.8 Å². The normalized spacial score (nSPS) is 12.6. The summed E-state index contributed by atoms with van der Waals surface area (Å²) in [6, 6.07) is 39.6. The van der Waals surface area contributed by atoms with Crippen LogP contribution in [0.15, 0.2) is 192 Å². The lowest BCUT2D eigenvalue weighted by Gasteiger charge is -2.44. The van der Waals surface area contributed by atoms with Crippen molar-refractivity contribution in [2.75, 3.05) is 0 Å². The number of rotatable bonds is 8. The van der Waals surface area contributed by atoms with E-state index < -0.39 is 63.0 Å². The van der Waals surface area contributed by atoms with E-state index in [1.807, 2.05) is 72.8 Å². The number of phenolic OH excluding ortho intramolecular Hbond substituents is 1. The van der Waals surface area contributed by atoms with Crippen LogP contribution in [0.3, 0.4) is 0 Å². The zero-order valence-electron chi connectivity index (χ0n) is 32.4. The minimum atomic E-state index is -4.77. The highest BCUT2D eigenvalue weighted by Crippen LogP contribution is 2.34. The molecular formula is C47H33BF12O2S. The summed E-state index contributed by atoms with van der Waals surface area (Å²) in [6.45, 7) is 0. The smallest absolute Gasteiger partial charge is 0.416 e. The highest BCUT2D eigenvalue weighted by atomic mass is 32.2. The minimum absolute atomic E-state index is 0.0114. The lowest BCUT2D eigenvalue weighted by molar-refractivity contribution is -0.138. The first-order valence-corrected chi connectivity index (χ1v) is 20.5. The molecule has 7 aromatic carbocycles. The molecule has 16 heteroatoms. The van der Waals surface area contributed by atoms with E-state index in [-0.39, 0.29) is 27.6 Å². The average molecular weight is 901 g/mol. The molecule has 0 saturated heterocycles. The van der Waals surface area contributed by atoms with Crippen molar-refractivity contribution in [2.45, 2.75) is 40.2 Å². The van der Waals surface area contributed by atoms with Crippen LogP contribution in [0.25, 0.3) is 0 Å². The largest absolute Gasteiger partial charge is 0.508 e. The standard InChI is InChI=1S/C28H16BF12.C19H16O2S/c30-25(31,32)17-1-9-21(10-2-17)29(22-11-3-18(4-12-22)26(33,34)35,23-13-5-19(6-14-23)27(36,37)38)24-15-7-20(8-16-24)28(39,40)41;20-17-13-11-16(12-14-17)15-22(21,18-7-3-1-4-8-18)19-9-5-2-6-10-19/h1-16H;1-14H,15H2/q-1;/p+1. The number of hydrogen-bond acceptors (Lipinski definition) is 2. The zero-order chi connectivity index (χ0) is 45.8. The third-order valence-corrected chi connectivity index (χ3v) is 13.3. The molecule has 63 heavy (non-hydrogen) atoms. The van der Waals surface area contributed by atoms with Gasteiger partial charge < -0.3 is 5.11 Å². The average Bonchev–Trinajstić information content (AvgIpc) is 3.25. The predicted molar refractivity (Wildman–Crippen MR) is 219 cm³/mol. The van der Waals surface area contributed by atoms with Crippen molar-refractivity contribution >= 4 is 37.9 Å². The second kappa shape index (κ2) is 17.8. The van der Waals surface area contributed by atoms with E-state index >= 15 is 0 Å². The first kappa shape index (κ1) is 46.2. The molecule has 0 unspecified atom stereocenters. The van der Waals surface area contributed by atoms with Gasteiger partial charge in [-0.25, -0.2) is 0 Å². The second-order valence-electron chi connectivity index (χ2n) is 14.5. The lowest BCUT2D eigenvalue weighted by Crippen LogP contribution is -2.74. The molecule has 0 aromatic heterocycles. The van der Waals surface area contributed by atoms with Crippen molar-refractivity contribution in [3.63, 3.8) is 0 Å². The van der Waals surface area contributed by atoms with Gasteiger partial charge in [-0.05, 0) is 36.4 Å². The monoisotopic (exact) mass is 900 g/mol. The summed E-state index contributed by atoms with van der Waals surface area (Å²) in [7, 11) is -2.39. The number of aromatic hydroxyl groups is 1. The van der Waals surface area contributed by atoms with Gasteiger partial charge in [0.05, 0.1) is 22.3 Å². The summed E-state index contributed by atoms with van der Waals surface area (Å²) < 4.78 is 174. The molecule has 0 atom stereocenters. The summed E-state index contributed by atoms with van der Waals surface area (Å²) in [5.74, 6) is 0.635. The topological polar surface area (TPSA) is 37.3 Å².